The first-order chi connectivity index (χ1) is 10.0. The molecule has 0 unspecified atom stereocenters. The van der Waals surface area contributed by atoms with Crippen LogP contribution in [0.1, 0.15) is 19.4 Å². The molecule has 0 radical (unpaired) electrons. The molecule has 21 heavy (non-hydrogen) atoms. The molecule has 0 bridgehead atoms. The molecule has 2 N–H and O–H groups in total. The molecule has 5 heteroatoms. The maximum absolute atomic E-state index is 5.74. The van der Waals surface area contributed by atoms with Gasteiger partial charge in [-0.05, 0) is 45.6 Å². The topological polar surface area (TPSA) is 48.9 Å². The fraction of sp³-hybridized carbons (Fsp3) is 0.562. The summed E-state index contributed by atoms with van der Waals surface area (Å²) in [4.78, 5) is 6.30. The Labute approximate surface area is 128 Å². The lowest BCUT2D eigenvalue weighted by Gasteiger charge is -2.15. The highest BCUT2D eigenvalue weighted by atomic mass is 16.5. The Bertz CT molecular complexity index is 444. The third-order valence-corrected chi connectivity index (χ3v) is 2.81. The zero-order valence-corrected chi connectivity index (χ0v) is 13.8. The Morgan fingerprint density at radius 2 is 2.10 bits per heavy atom. The van der Waals surface area contributed by atoms with E-state index in [2.05, 4.69) is 46.5 Å². The molecule has 118 valence electrons. The number of hydrogen-bond donors (Lipinski definition) is 2. The fourth-order valence-electron chi connectivity index (χ4n) is 1.75. The lowest BCUT2D eigenvalue weighted by molar-refractivity contribution is 0.261. The highest BCUT2D eigenvalue weighted by Gasteiger charge is 2.01. The first-order valence-electron chi connectivity index (χ1n) is 7.35. The van der Waals surface area contributed by atoms with Gasteiger partial charge in [-0.25, -0.2) is 0 Å². The van der Waals surface area contributed by atoms with E-state index < -0.39 is 0 Å². The van der Waals surface area contributed by atoms with Crippen molar-refractivity contribution in [1.82, 2.24) is 15.5 Å². The summed E-state index contributed by atoms with van der Waals surface area (Å²) in [6.07, 6.45) is 0. The van der Waals surface area contributed by atoms with E-state index in [4.69, 9.17) is 4.74 Å². The zero-order chi connectivity index (χ0) is 15.7. The average Bonchev–Trinajstić information content (AvgIpc) is 2.43. The van der Waals surface area contributed by atoms with Crippen molar-refractivity contribution in [2.24, 2.45) is 4.99 Å². The molecule has 0 saturated heterocycles. The van der Waals surface area contributed by atoms with Gasteiger partial charge in [0, 0.05) is 26.2 Å². The number of hydrogen-bond acceptors (Lipinski definition) is 3. The van der Waals surface area contributed by atoms with Gasteiger partial charge in [-0.2, -0.15) is 0 Å². The Morgan fingerprint density at radius 3 is 2.71 bits per heavy atom. The van der Waals surface area contributed by atoms with Crippen LogP contribution in [0.2, 0.25) is 0 Å². The van der Waals surface area contributed by atoms with Gasteiger partial charge in [0.1, 0.15) is 12.4 Å². The minimum atomic E-state index is 0.358. The summed E-state index contributed by atoms with van der Waals surface area (Å²) >= 11 is 0. The van der Waals surface area contributed by atoms with E-state index in [9.17, 15) is 0 Å². The lowest BCUT2D eigenvalue weighted by Crippen LogP contribution is -2.40. The van der Waals surface area contributed by atoms with Crippen molar-refractivity contribution in [1.29, 1.82) is 0 Å². The van der Waals surface area contributed by atoms with Crippen molar-refractivity contribution >= 4 is 5.96 Å². The van der Waals surface area contributed by atoms with Crippen molar-refractivity contribution in [3.05, 3.63) is 29.8 Å². The molecule has 0 aliphatic rings. The van der Waals surface area contributed by atoms with Gasteiger partial charge in [0.05, 0.1) is 0 Å². The first kappa shape index (κ1) is 17.3. The summed E-state index contributed by atoms with van der Waals surface area (Å²) in [5, 5.41) is 6.56. The number of nitrogens with one attached hydrogen (secondary N) is 2. The number of nitrogens with zero attached hydrogens (tertiary/aromatic N) is 2. The van der Waals surface area contributed by atoms with Crippen LogP contribution in [0.25, 0.3) is 0 Å². The van der Waals surface area contributed by atoms with E-state index in [-0.39, 0.29) is 0 Å². The van der Waals surface area contributed by atoms with Gasteiger partial charge >= 0.3 is 0 Å². The predicted octanol–water partition coefficient (Wildman–Crippen LogP) is 1.70. The van der Waals surface area contributed by atoms with E-state index in [1.54, 1.807) is 7.05 Å². The predicted molar refractivity (Wildman–Crippen MR) is 89.0 cm³/mol. The van der Waals surface area contributed by atoms with Crippen LogP contribution in [0.15, 0.2) is 29.3 Å². The number of likely N-dealkylation sites (N-methyl/N-ethyl adjacent to an activating group) is 1. The van der Waals surface area contributed by atoms with Crippen molar-refractivity contribution in [2.45, 2.75) is 26.4 Å². The monoisotopic (exact) mass is 292 g/mol. The average molecular weight is 292 g/mol. The van der Waals surface area contributed by atoms with Gasteiger partial charge in [-0.3, -0.25) is 4.99 Å². The highest BCUT2D eigenvalue weighted by molar-refractivity contribution is 5.79. The van der Waals surface area contributed by atoms with Crippen LogP contribution >= 0.6 is 0 Å². The molecule has 5 nitrogen and oxygen atoms in total. The number of guanidine groups is 1. The second kappa shape index (κ2) is 9.23. The summed E-state index contributed by atoms with van der Waals surface area (Å²) in [7, 11) is 5.85. The summed E-state index contributed by atoms with van der Waals surface area (Å²) < 4.78 is 5.74. The molecule has 0 atom stereocenters. The van der Waals surface area contributed by atoms with E-state index >= 15 is 0 Å². The van der Waals surface area contributed by atoms with Gasteiger partial charge in [-0.1, -0.05) is 12.1 Å². The molecule has 0 aromatic heterocycles. The van der Waals surface area contributed by atoms with E-state index in [1.807, 2.05) is 26.2 Å². The van der Waals surface area contributed by atoms with E-state index in [0.29, 0.717) is 12.6 Å². The Morgan fingerprint density at radius 1 is 1.33 bits per heavy atom. The van der Waals surface area contributed by atoms with Crippen LogP contribution in [0.3, 0.4) is 0 Å². The molecule has 0 heterocycles. The molecule has 1 aromatic rings. The zero-order valence-electron chi connectivity index (χ0n) is 13.8. The second-order valence-corrected chi connectivity index (χ2v) is 5.52. The van der Waals surface area contributed by atoms with Crippen LogP contribution in [-0.2, 0) is 6.54 Å². The first-order valence-corrected chi connectivity index (χ1v) is 7.35. The van der Waals surface area contributed by atoms with Crippen molar-refractivity contribution in [3.8, 4) is 5.75 Å². The molecule has 1 aromatic carbocycles. The van der Waals surface area contributed by atoms with E-state index in [1.165, 1.54) is 5.56 Å². The van der Waals surface area contributed by atoms with Gasteiger partial charge in [0.15, 0.2) is 5.96 Å². The minimum absolute atomic E-state index is 0.358. The maximum atomic E-state index is 5.74. The normalized spacial score (nSPS) is 11.9. The summed E-state index contributed by atoms with van der Waals surface area (Å²) in [5.41, 5.74) is 1.17. The standard InChI is InChI=1S/C16H28N4O/c1-13(2)19-16(17-3)18-12-14-7-6-8-15(11-14)21-10-9-20(4)5/h6-8,11,13H,9-10,12H2,1-5H3,(H2,17,18,19). The SMILES string of the molecule is CN=C(NCc1cccc(OCCN(C)C)c1)NC(C)C. The van der Waals surface area contributed by atoms with Gasteiger partial charge < -0.3 is 20.3 Å². The molecule has 0 saturated carbocycles. The van der Waals surface area contributed by atoms with Crippen molar-refractivity contribution < 1.29 is 4.74 Å². The van der Waals surface area contributed by atoms with Crippen LogP contribution in [0.4, 0.5) is 0 Å². The summed E-state index contributed by atoms with van der Waals surface area (Å²) in [5.74, 6) is 1.71. The Hall–Kier alpha value is -1.75. The summed E-state index contributed by atoms with van der Waals surface area (Å²) in [6.45, 7) is 6.50. The smallest absolute Gasteiger partial charge is 0.191 e. The number of benzene rings is 1. The van der Waals surface area contributed by atoms with Crippen LogP contribution in [0, 0.1) is 0 Å². The number of rotatable bonds is 7. The van der Waals surface area contributed by atoms with Gasteiger partial charge in [-0.15, -0.1) is 0 Å². The molecule has 0 aliphatic heterocycles. The van der Waals surface area contributed by atoms with Crippen LogP contribution in [0.5, 0.6) is 5.75 Å². The Kier molecular flexibility index (Phi) is 7.61. The van der Waals surface area contributed by atoms with Crippen molar-refractivity contribution in [2.75, 3.05) is 34.3 Å². The lowest BCUT2D eigenvalue weighted by atomic mass is 10.2. The number of aliphatic imine (C=N–C) groups is 1. The molecule has 0 amide bonds. The molecular formula is C16H28N4O. The molecule has 0 aliphatic carbocycles. The third kappa shape index (κ3) is 7.56. The molecular weight excluding hydrogens is 264 g/mol. The highest BCUT2D eigenvalue weighted by Crippen LogP contribution is 2.13. The van der Waals surface area contributed by atoms with E-state index in [0.717, 1.165) is 24.8 Å². The number of ether oxygens (including phenoxy) is 1. The largest absolute Gasteiger partial charge is 0.492 e. The van der Waals surface area contributed by atoms with Crippen molar-refractivity contribution in [3.63, 3.8) is 0 Å². The fourth-order valence-corrected chi connectivity index (χ4v) is 1.75. The second-order valence-electron chi connectivity index (χ2n) is 5.52. The maximum Gasteiger partial charge on any atom is 0.191 e. The quantitative estimate of drug-likeness (QED) is 0.593. The molecule has 0 spiro atoms. The van der Waals surface area contributed by atoms with Gasteiger partial charge in [0.25, 0.3) is 0 Å². The third-order valence-electron chi connectivity index (χ3n) is 2.81. The van der Waals surface area contributed by atoms with Crippen LogP contribution < -0.4 is 15.4 Å². The summed E-state index contributed by atoms with van der Waals surface area (Å²) in [6, 6.07) is 8.50. The molecule has 1 rings (SSSR count). The van der Waals surface area contributed by atoms with Gasteiger partial charge in [0.2, 0.25) is 0 Å². The minimum Gasteiger partial charge on any atom is -0.492 e. The molecule has 0 fully saturated rings. The Balaban J connectivity index is 2.48. The van der Waals surface area contributed by atoms with Crippen LogP contribution in [-0.4, -0.2) is 51.2 Å².